The number of benzene rings is 2. The Labute approximate surface area is 190 Å². The van der Waals surface area contributed by atoms with E-state index in [1.54, 1.807) is 44.0 Å². The Balaban J connectivity index is 2.11. The molecule has 2 aromatic carbocycles. The number of carbonyl (C=O) groups excluding carboxylic acids is 1. The number of aliphatic hydroxyl groups excluding tert-OH is 1. The molecule has 2 aromatic rings. The van der Waals surface area contributed by atoms with Gasteiger partial charge in [0.15, 0.2) is 0 Å². The topological polar surface area (TPSA) is 87.2 Å². The van der Waals surface area contributed by atoms with Crippen LogP contribution in [0.2, 0.25) is 0 Å². The fourth-order valence-electron chi connectivity index (χ4n) is 3.90. The zero-order valence-electron chi connectivity index (χ0n) is 19.1. The molecule has 0 saturated carbocycles. The molecule has 7 nitrogen and oxygen atoms in total. The maximum atomic E-state index is 13.5. The van der Waals surface area contributed by atoms with Gasteiger partial charge in [-0.3, -0.25) is 4.79 Å². The molecule has 32 heavy (non-hydrogen) atoms. The Morgan fingerprint density at radius 1 is 1.22 bits per heavy atom. The van der Waals surface area contributed by atoms with Gasteiger partial charge in [0.25, 0.3) is 0 Å². The summed E-state index contributed by atoms with van der Waals surface area (Å²) in [5.74, 6) is 0.0455. The molecule has 8 heteroatoms. The van der Waals surface area contributed by atoms with Crippen LogP contribution in [0, 0.1) is 5.92 Å². The van der Waals surface area contributed by atoms with Gasteiger partial charge < -0.3 is 14.7 Å². The van der Waals surface area contributed by atoms with Crippen molar-refractivity contribution in [2.45, 2.75) is 44.2 Å². The summed E-state index contributed by atoms with van der Waals surface area (Å²) < 4.78 is 34.7. The van der Waals surface area contributed by atoms with E-state index in [4.69, 9.17) is 4.74 Å². The number of rotatable bonds is 6. The molecule has 0 bridgehead atoms. The maximum absolute atomic E-state index is 13.5. The quantitative estimate of drug-likeness (QED) is 0.716. The third-order valence-corrected chi connectivity index (χ3v) is 7.98. The number of sulfonamides is 1. The molecule has 174 valence electrons. The van der Waals surface area contributed by atoms with Crippen molar-refractivity contribution in [3.63, 3.8) is 0 Å². The SMILES string of the molecule is CCC(=O)N(C)C[C@@H]1Oc2cc(-c3ccccc3)ccc2S(=O)(=O)N([C@@H](C)CO)C[C@H]1C. The number of fused-ring (bicyclic) bond motifs is 1. The van der Waals surface area contributed by atoms with Crippen molar-refractivity contribution < 1.29 is 23.1 Å². The standard InChI is InChI=1S/C24H32N2O5S/c1-5-24(28)25(4)15-22-17(2)14-26(18(3)16-27)32(29,30)23-12-11-20(13-21(23)31-22)19-9-7-6-8-10-19/h6-13,17-18,22,27H,5,14-16H2,1-4H3/t17-,18+,22+/m1/s1. The van der Waals surface area contributed by atoms with E-state index in [-0.39, 0.29) is 35.6 Å². The molecule has 1 amide bonds. The third kappa shape index (κ3) is 4.98. The summed E-state index contributed by atoms with van der Waals surface area (Å²) in [5.41, 5.74) is 1.79. The van der Waals surface area contributed by atoms with Crippen LogP contribution in [0.3, 0.4) is 0 Å². The molecular weight excluding hydrogens is 428 g/mol. The molecule has 1 aliphatic rings. The highest BCUT2D eigenvalue weighted by molar-refractivity contribution is 7.89. The highest BCUT2D eigenvalue weighted by atomic mass is 32.2. The summed E-state index contributed by atoms with van der Waals surface area (Å²) in [5, 5.41) is 9.73. The number of hydrogen-bond donors (Lipinski definition) is 1. The average molecular weight is 461 g/mol. The van der Waals surface area contributed by atoms with Crippen LogP contribution in [0.1, 0.15) is 27.2 Å². The first kappa shape index (κ1) is 24.2. The minimum absolute atomic E-state index is 0.00526. The molecule has 0 aliphatic carbocycles. The van der Waals surface area contributed by atoms with E-state index in [0.717, 1.165) is 11.1 Å². The van der Waals surface area contributed by atoms with Crippen LogP contribution in [0.25, 0.3) is 11.1 Å². The Kier molecular flexibility index (Phi) is 7.59. The van der Waals surface area contributed by atoms with Crippen molar-refractivity contribution in [1.82, 2.24) is 9.21 Å². The van der Waals surface area contributed by atoms with Gasteiger partial charge in [-0.05, 0) is 30.2 Å². The van der Waals surface area contributed by atoms with Crippen LogP contribution in [-0.2, 0) is 14.8 Å². The molecule has 1 aliphatic heterocycles. The lowest BCUT2D eigenvalue weighted by atomic mass is 10.0. The van der Waals surface area contributed by atoms with E-state index >= 15 is 0 Å². The summed E-state index contributed by atoms with van der Waals surface area (Å²) in [6.07, 6.45) is -0.0295. The lowest BCUT2D eigenvalue weighted by Gasteiger charge is -2.37. The Morgan fingerprint density at radius 3 is 2.53 bits per heavy atom. The van der Waals surface area contributed by atoms with Crippen LogP contribution < -0.4 is 4.74 Å². The molecule has 3 rings (SSSR count). The van der Waals surface area contributed by atoms with Crippen LogP contribution in [0.4, 0.5) is 0 Å². The number of aliphatic hydroxyl groups is 1. The van der Waals surface area contributed by atoms with Crippen LogP contribution in [0.15, 0.2) is 53.4 Å². The highest BCUT2D eigenvalue weighted by Crippen LogP contribution is 2.36. The average Bonchev–Trinajstić information content (AvgIpc) is 2.80. The molecule has 0 spiro atoms. The molecular formula is C24H32N2O5S. The molecule has 0 aromatic heterocycles. The molecule has 0 saturated heterocycles. The summed E-state index contributed by atoms with van der Waals surface area (Å²) in [7, 11) is -2.16. The smallest absolute Gasteiger partial charge is 0.247 e. The molecule has 0 radical (unpaired) electrons. The number of hydrogen-bond acceptors (Lipinski definition) is 5. The highest BCUT2D eigenvalue weighted by Gasteiger charge is 2.38. The van der Waals surface area contributed by atoms with Gasteiger partial charge in [0.2, 0.25) is 15.9 Å². The van der Waals surface area contributed by atoms with E-state index in [1.165, 1.54) is 4.31 Å². The first-order valence-electron chi connectivity index (χ1n) is 10.9. The second-order valence-electron chi connectivity index (χ2n) is 8.40. The van der Waals surface area contributed by atoms with Gasteiger partial charge in [0.1, 0.15) is 16.7 Å². The first-order chi connectivity index (χ1) is 15.2. The number of amides is 1. The fraction of sp³-hybridized carbons (Fsp3) is 0.458. The van der Waals surface area contributed by atoms with Crippen LogP contribution in [-0.4, -0.2) is 67.5 Å². The van der Waals surface area contributed by atoms with Crippen molar-refractivity contribution in [3.05, 3.63) is 48.5 Å². The van der Waals surface area contributed by atoms with E-state index in [2.05, 4.69) is 0 Å². The fourth-order valence-corrected chi connectivity index (χ4v) is 5.72. The van der Waals surface area contributed by atoms with E-state index < -0.39 is 22.2 Å². The molecule has 0 fully saturated rings. The van der Waals surface area contributed by atoms with Crippen molar-refractivity contribution in [2.75, 3.05) is 26.7 Å². The lowest BCUT2D eigenvalue weighted by molar-refractivity contribution is -0.131. The Hall–Kier alpha value is -2.42. The van der Waals surface area contributed by atoms with Gasteiger partial charge in [-0.2, -0.15) is 4.31 Å². The minimum atomic E-state index is -3.89. The summed E-state index contributed by atoms with van der Waals surface area (Å²) in [4.78, 5) is 13.9. The van der Waals surface area contributed by atoms with Crippen LogP contribution in [0.5, 0.6) is 5.75 Å². The molecule has 1 heterocycles. The summed E-state index contributed by atoms with van der Waals surface area (Å²) in [6, 6.07) is 14.2. The predicted octanol–water partition coefficient (Wildman–Crippen LogP) is 2.99. The van der Waals surface area contributed by atoms with Crippen molar-refractivity contribution in [1.29, 1.82) is 0 Å². The molecule has 1 N–H and O–H groups in total. The third-order valence-electron chi connectivity index (χ3n) is 5.96. The normalized spacial score (nSPS) is 21.5. The van der Waals surface area contributed by atoms with Gasteiger partial charge in [-0.25, -0.2) is 8.42 Å². The number of carbonyl (C=O) groups is 1. The van der Waals surface area contributed by atoms with Gasteiger partial charge in [0.05, 0.1) is 13.2 Å². The zero-order valence-corrected chi connectivity index (χ0v) is 19.9. The molecule has 0 unspecified atom stereocenters. The number of nitrogens with zero attached hydrogens (tertiary/aromatic N) is 2. The van der Waals surface area contributed by atoms with Crippen molar-refractivity contribution in [3.8, 4) is 16.9 Å². The monoisotopic (exact) mass is 460 g/mol. The van der Waals surface area contributed by atoms with Gasteiger partial charge in [0, 0.05) is 32.0 Å². The van der Waals surface area contributed by atoms with E-state index in [1.807, 2.05) is 37.3 Å². The van der Waals surface area contributed by atoms with Crippen molar-refractivity contribution in [2.24, 2.45) is 5.92 Å². The van der Waals surface area contributed by atoms with E-state index in [9.17, 15) is 18.3 Å². The van der Waals surface area contributed by atoms with Gasteiger partial charge in [-0.1, -0.05) is 50.2 Å². The summed E-state index contributed by atoms with van der Waals surface area (Å²) >= 11 is 0. The van der Waals surface area contributed by atoms with Crippen LogP contribution >= 0.6 is 0 Å². The first-order valence-corrected chi connectivity index (χ1v) is 12.4. The second kappa shape index (κ2) is 10.0. The van der Waals surface area contributed by atoms with Crippen molar-refractivity contribution >= 4 is 15.9 Å². The zero-order chi connectivity index (χ0) is 23.5. The maximum Gasteiger partial charge on any atom is 0.247 e. The number of ether oxygens (including phenoxy) is 1. The lowest BCUT2D eigenvalue weighted by Crippen LogP contribution is -2.50. The second-order valence-corrected chi connectivity index (χ2v) is 10.3. The van der Waals surface area contributed by atoms with E-state index in [0.29, 0.717) is 13.0 Å². The van der Waals surface area contributed by atoms with Gasteiger partial charge in [-0.15, -0.1) is 0 Å². The largest absolute Gasteiger partial charge is 0.487 e. The molecule has 3 atom stereocenters. The Bertz CT molecular complexity index is 1040. The predicted molar refractivity (Wildman–Crippen MR) is 124 cm³/mol. The van der Waals surface area contributed by atoms with Gasteiger partial charge >= 0.3 is 0 Å². The number of likely N-dealkylation sites (N-methyl/N-ethyl adjacent to an activating group) is 1. The minimum Gasteiger partial charge on any atom is -0.487 e. The summed E-state index contributed by atoms with van der Waals surface area (Å²) in [6.45, 7) is 5.64. The Morgan fingerprint density at radius 2 is 1.91 bits per heavy atom.